The first-order valence-electron chi connectivity index (χ1n) is 15.6. The average Bonchev–Trinajstić information content (AvgIpc) is 3.08. The van der Waals surface area contributed by atoms with Crippen LogP contribution in [0.25, 0.3) is 0 Å². The summed E-state index contributed by atoms with van der Waals surface area (Å²) in [5, 5.41) is 16.2. The number of para-hydroxylation sites is 2. The van der Waals surface area contributed by atoms with Gasteiger partial charge in [0, 0.05) is 42.5 Å². The Morgan fingerprint density at radius 2 is 1.61 bits per heavy atom. The molecule has 1 saturated heterocycles. The Bertz CT molecular complexity index is 1570. The molecule has 5 N–H and O–H groups in total. The zero-order chi connectivity index (χ0) is 32.1. The van der Waals surface area contributed by atoms with Crippen LogP contribution in [0.15, 0.2) is 102 Å². The number of hydrogen-bond donors (Lipinski definition) is 4. The summed E-state index contributed by atoms with van der Waals surface area (Å²) in [6.07, 6.45) is 4.36. The van der Waals surface area contributed by atoms with Gasteiger partial charge in [0.1, 0.15) is 0 Å². The molecule has 0 saturated carbocycles. The molecule has 2 heterocycles. The minimum atomic E-state index is -0.625. The monoisotopic (exact) mass is 640 g/mol. The Hall–Kier alpha value is -4.22. The number of hydrogen-bond acceptors (Lipinski definition) is 8. The first-order chi connectivity index (χ1) is 22.5. The highest BCUT2D eigenvalue weighted by Crippen LogP contribution is 2.39. The number of carbonyl (C=O) groups is 2. The minimum Gasteiger partial charge on any atom is -0.397 e. The number of ether oxygens (including phenoxy) is 2. The van der Waals surface area contributed by atoms with Crippen LogP contribution in [0.4, 0.5) is 17.1 Å². The van der Waals surface area contributed by atoms with E-state index < -0.39 is 6.29 Å². The van der Waals surface area contributed by atoms with Gasteiger partial charge in [-0.05, 0) is 60.4 Å². The maximum absolute atomic E-state index is 12.7. The number of benzene rings is 3. The van der Waals surface area contributed by atoms with E-state index in [1.165, 1.54) is 0 Å². The predicted octanol–water partition coefficient (Wildman–Crippen LogP) is 7.02. The third-order valence-corrected chi connectivity index (χ3v) is 8.73. The van der Waals surface area contributed by atoms with Gasteiger partial charge >= 0.3 is 0 Å². The number of pyridine rings is 1. The standard InChI is InChI=1S/C36H40N4O5S/c37-30-11-4-5-12-31(30)40-34(43)14-3-1-2-13-33(42)39-28-10-8-9-27(21-28)36-44-29(24-46-35-15-6-7-20-38-35)22-32(45-36)26-18-16-25(23-41)17-19-26/h4-12,15-21,29,32,36,41H,1-3,13-14,22-24,37H2,(H,39,42)(H,40,43)/t29-,32+,36+/m0/s1. The van der Waals surface area contributed by atoms with Crippen LogP contribution in [0.1, 0.15) is 67.6 Å². The molecular weight excluding hydrogens is 600 g/mol. The van der Waals surface area contributed by atoms with Crippen molar-refractivity contribution < 1.29 is 24.2 Å². The van der Waals surface area contributed by atoms with Crippen LogP contribution < -0.4 is 16.4 Å². The second kappa shape index (κ2) is 16.9. The number of nitrogens with two attached hydrogens (primary N) is 1. The van der Waals surface area contributed by atoms with Crippen molar-refractivity contribution in [2.45, 2.75) is 68.7 Å². The fraction of sp³-hybridized carbons (Fsp3) is 0.306. The first-order valence-corrected chi connectivity index (χ1v) is 16.5. The molecule has 10 heteroatoms. The molecule has 0 radical (unpaired) electrons. The Labute approximate surface area is 273 Å². The third kappa shape index (κ3) is 9.89. The summed E-state index contributed by atoms with van der Waals surface area (Å²) in [6.45, 7) is -0.0127. The van der Waals surface area contributed by atoms with Gasteiger partial charge in [0.25, 0.3) is 0 Å². The van der Waals surface area contributed by atoms with E-state index in [1.807, 2.05) is 78.9 Å². The van der Waals surface area contributed by atoms with E-state index in [0.717, 1.165) is 28.1 Å². The van der Waals surface area contributed by atoms with Crippen LogP contribution in [0, 0.1) is 0 Å². The van der Waals surface area contributed by atoms with Crippen molar-refractivity contribution in [1.29, 1.82) is 0 Å². The van der Waals surface area contributed by atoms with Gasteiger partial charge in [0.2, 0.25) is 11.8 Å². The van der Waals surface area contributed by atoms with Crippen LogP contribution in [0.3, 0.4) is 0 Å². The van der Waals surface area contributed by atoms with E-state index in [-0.39, 0.29) is 30.6 Å². The quantitative estimate of drug-likeness (QED) is 0.0656. The van der Waals surface area contributed by atoms with Crippen molar-refractivity contribution >= 4 is 40.6 Å². The number of carbonyl (C=O) groups excluding carboxylic acids is 2. The van der Waals surface area contributed by atoms with Crippen LogP contribution in [-0.2, 0) is 25.7 Å². The molecule has 1 fully saturated rings. The van der Waals surface area contributed by atoms with E-state index in [4.69, 9.17) is 15.2 Å². The second-order valence-electron chi connectivity index (χ2n) is 11.2. The number of unbranched alkanes of at least 4 members (excludes halogenated alkanes) is 2. The highest BCUT2D eigenvalue weighted by molar-refractivity contribution is 7.99. The van der Waals surface area contributed by atoms with Gasteiger partial charge in [-0.15, -0.1) is 11.8 Å². The number of thioether (sulfide) groups is 1. The zero-order valence-electron chi connectivity index (χ0n) is 25.6. The van der Waals surface area contributed by atoms with Crippen LogP contribution in [0.2, 0.25) is 0 Å². The predicted molar refractivity (Wildman–Crippen MR) is 181 cm³/mol. The molecule has 1 aromatic heterocycles. The lowest BCUT2D eigenvalue weighted by atomic mass is 10.0. The topological polar surface area (TPSA) is 136 Å². The van der Waals surface area contributed by atoms with Gasteiger partial charge in [-0.1, -0.05) is 61.0 Å². The normalized spacial score (nSPS) is 17.7. The minimum absolute atomic E-state index is 0.0127. The van der Waals surface area contributed by atoms with E-state index in [9.17, 15) is 14.7 Å². The fourth-order valence-electron chi connectivity index (χ4n) is 5.19. The maximum atomic E-state index is 12.7. The van der Waals surface area contributed by atoms with Gasteiger partial charge < -0.3 is 30.9 Å². The molecule has 1 aliphatic rings. The summed E-state index contributed by atoms with van der Waals surface area (Å²) in [4.78, 5) is 29.4. The van der Waals surface area contributed by atoms with Crippen LogP contribution in [-0.4, -0.2) is 33.8 Å². The Kier molecular flexibility index (Phi) is 12.2. The second-order valence-corrected chi connectivity index (χ2v) is 12.2. The van der Waals surface area contributed by atoms with E-state index >= 15 is 0 Å². The fourth-order valence-corrected chi connectivity index (χ4v) is 6.07. The highest BCUT2D eigenvalue weighted by atomic mass is 32.2. The molecule has 0 bridgehead atoms. The lowest BCUT2D eigenvalue weighted by Gasteiger charge is -2.36. The van der Waals surface area contributed by atoms with Crippen LogP contribution >= 0.6 is 11.8 Å². The first kappa shape index (κ1) is 33.2. The molecule has 4 aromatic rings. The number of nitrogens with one attached hydrogen (secondary N) is 2. The van der Waals surface area contributed by atoms with Gasteiger partial charge in [-0.2, -0.15) is 0 Å². The number of rotatable bonds is 14. The number of amides is 2. The van der Waals surface area contributed by atoms with E-state index in [0.29, 0.717) is 54.9 Å². The highest BCUT2D eigenvalue weighted by Gasteiger charge is 2.32. The number of nitrogen functional groups attached to an aromatic ring is 1. The lowest BCUT2D eigenvalue weighted by Crippen LogP contribution is -2.31. The van der Waals surface area contributed by atoms with Crippen molar-refractivity contribution in [1.82, 2.24) is 4.98 Å². The van der Waals surface area contributed by atoms with Crippen molar-refractivity contribution in [3.05, 3.63) is 114 Å². The number of aliphatic hydroxyl groups excluding tert-OH is 1. The molecule has 5 rings (SSSR count). The molecule has 46 heavy (non-hydrogen) atoms. The molecule has 9 nitrogen and oxygen atoms in total. The number of anilines is 3. The van der Waals surface area contributed by atoms with Gasteiger partial charge in [-0.3, -0.25) is 9.59 Å². The molecule has 2 amide bonds. The summed E-state index contributed by atoms with van der Waals surface area (Å²) in [5.41, 5.74) is 10.4. The van der Waals surface area contributed by atoms with Crippen molar-refractivity contribution in [3.63, 3.8) is 0 Å². The summed E-state index contributed by atoms with van der Waals surface area (Å²) in [6, 6.07) is 28.4. The number of aliphatic hydroxyl groups is 1. The molecule has 0 aliphatic carbocycles. The van der Waals surface area contributed by atoms with Crippen molar-refractivity contribution in [3.8, 4) is 0 Å². The van der Waals surface area contributed by atoms with Gasteiger partial charge in [-0.25, -0.2) is 4.98 Å². The molecule has 3 aromatic carbocycles. The van der Waals surface area contributed by atoms with E-state index in [1.54, 1.807) is 30.1 Å². The summed E-state index contributed by atoms with van der Waals surface area (Å²) < 4.78 is 12.9. The lowest BCUT2D eigenvalue weighted by molar-refractivity contribution is -0.245. The van der Waals surface area contributed by atoms with Crippen LogP contribution in [0.5, 0.6) is 0 Å². The SMILES string of the molecule is Nc1ccccc1NC(=O)CCCCCC(=O)Nc1cccc([C@@H]2O[C@H](CSc3ccccn3)C[C@H](c3ccc(CO)cc3)O2)c1. The Balaban J connectivity index is 1.14. The third-order valence-electron chi connectivity index (χ3n) is 7.65. The molecule has 240 valence electrons. The van der Waals surface area contributed by atoms with Crippen molar-refractivity contribution in [2.24, 2.45) is 0 Å². The maximum Gasteiger partial charge on any atom is 0.224 e. The average molecular weight is 641 g/mol. The molecule has 3 atom stereocenters. The Morgan fingerprint density at radius 3 is 2.35 bits per heavy atom. The summed E-state index contributed by atoms with van der Waals surface area (Å²) in [7, 11) is 0. The molecular formula is C36H40N4O5S. The van der Waals surface area contributed by atoms with Gasteiger partial charge in [0.05, 0.1) is 35.2 Å². The number of aromatic nitrogens is 1. The molecule has 0 unspecified atom stereocenters. The smallest absolute Gasteiger partial charge is 0.224 e. The largest absolute Gasteiger partial charge is 0.397 e. The zero-order valence-corrected chi connectivity index (χ0v) is 26.5. The number of nitrogens with zero attached hydrogens (tertiary/aromatic N) is 1. The van der Waals surface area contributed by atoms with Gasteiger partial charge in [0.15, 0.2) is 6.29 Å². The summed E-state index contributed by atoms with van der Waals surface area (Å²) >= 11 is 1.64. The van der Waals surface area contributed by atoms with E-state index in [2.05, 4.69) is 15.6 Å². The Morgan fingerprint density at radius 1 is 0.848 bits per heavy atom. The molecule has 0 spiro atoms. The molecule has 1 aliphatic heterocycles. The van der Waals surface area contributed by atoms with Crippen molar-refractivity contribution in [2.75, 3.05) is 22.1 Å². The summed E-state index contributed by atoms with van der Waals surface area (Å²) in [5.74, 6) is 0.532.